The van der Waals surface area contributed by atoms with E-state index in [0.29, 0.717) is 17.1 Å². The Labute approximate surface area is 140 Å². The van der Waals surface area contributed by atoms with Crippen LogP contribution in [0.4, 0.5) is 0 Å². The molecule has 0 saturated heterocycles. The first-order chi connectivity index (χ1) is 11.2. The number of Topliss-reactive ketones (excluding diaryl/α,β-unsaturated/α-hetero) is 1. The van der Waals surface area contributed by atoms with Crippen LogP contribution < -0.4 is 14.2 Å². The largest absolute Gasteiger partial charge is 0.501 e. The fourth-order valence-corrected chi connectivity index (χ4v) is 2.80. The monoisotopic (exact) mass is 357 g/mol. The zero-order valence-electron chi connectivity index (χ0n) is 13.7. The number of hydrogen-bond acceptors (Lipinski definition) is 7. The number of ketones is 1. The van der Waals surface area contributed by atoms with Crippen LogP contribution in [0, 0.1) is 0 Å². The lowest BCUT2D eigenvalue weighted by Crippen LogP contribution is -2.32. The number of carbonyl (C=O) groups excluding carboxylic acids is 1. The van der Waals surface area contributed by atoms with Crippen molar-refractivity contribution in [3.8, 4) is 11.5 Å². The third-order valence-electron chi connectivity index (χ3n) is 3.73. The lowest BCUT2D eigenvalue weighted by atomic mass is 9.91. The molecule has 1 unspecified atom stereocenters. The van der Waals surface area contributed by atoms with Gasteiger partial charge in [-0.2, -0.15) is 0 Å². The molecule has 1 aromatic rings. The topological polar surface area (TPSA) is 111 Å². The second-order valence-corrected chi connectivity index (χ2v) is 7.23. The number of nitrogens with one attached hydrogen (secondary N) is 1. The third-order valence-corrected chi connectivity index (χ3v) is 4.99. The molecule has 132 valence electrons. The molecule has 1 atom stereocenters. The fourth-order valence-electron chi connectivity index (χ4n) is 2.23. The second kappa shape index (κ2) is 6.23. The van der Waals surface area contributed by atoms with Crippen molar-refractivity contribution in [3.05, 3.63) is 35.4 Å². The van der Waals surface area contributed by atoms with Crippen molar-refractivity contribution in [1.82, 2.24) is 4.72 Å². The summed E-state index contributed by atoms with van der Waals surface area (Å²) in [6.07, 6.45) is 0. The maximum absolute atomic E-state index is 12.4. The molecule has 9 heteroatoms. The number of hydrogen-bond donors (Lipinski definition) is 2. The van der Waals surface area contributed by atoms with Gasteiger partial charge in [-0.05, 0) is 26.0 Å². The predicted octanol–water partition coefficient (Wildman–Crippen LogP) is 1.18. The SMILES string of the molecule is CCS(=O)(=O)NC1=C(O)C(=O)C(C)(c2ccc(OC)c(OC)c2)O1. The molecule has 24 heavy (non-hydrogen) atoms. The van der Waals surface area contributed by atoms with E-state index < -0.39 is 33.0 Å². The summed E-state index contributed by atoms with van der Waals surface area (Å²) in [5, 5.41) is 9.96. The van der Waals surface area contributed by atoms with Crippen molar-refractivity contribution in [3.63, 3.8) is 0 Å². The fraction of sp³-hybridized carbons (Fsp3) is 0.400. The normalized spacial score (nSPS) is 20.8. The van der Waals surface area contributed by atoms with Crippen LogP contribution in [-0.4, -0.2) is 39.3 Å². The number of aliphatic hydroxyl groups is 1. The maximum atomic E-state index is 12.4. The summed E-state index contributed by atoms with van der Waals surface area (Å²) < 4.78 is 41.2. The Morgan fingerprint density at radius 1 is 1.25 bits per heavy atom. The van der Waals surface area contributed by atoms with Gasteiger partial charge in [0.1, 0.15) is 0 Å². The van der Waals surface area contributed by atoms with Gasteiger partial charge in [0.2, 0.25) is 21.7 Å². The van der Waals surface area contributed by atoms with E-state index in [1.807, 2.05) is 0 Å². The van der Waals surface area contributed by atoms with Gasteiger partial charge in [0, 0.05) is 5.56 Å². The van der Waals surface area contributed by atoms with Crippen LogP contribution in [0.3, 0.4) is 0 Å². The van der Waals surface area contributed by atoms with E-state index in [9.17, 15) is 18.3 Å². The van der Waals surface area contributed by atoms with Crippen molar-refractivity contribution in [1.29, 1.82) is 0 Å². The summed E-state index contributed by atoms with van der Waals surface area (Å²) in [5.74, 6) is -1.42. The second-order valence-electron chi connectivity index (χ2n) is 5.22. The Balaban J connectivity index is 2.41. The number of methoxy groups -OCH3 is 2. The zero-order chi connectivity index (χ0) is 18.1. The molecule has 0 fully saturated rings. The Hall–Kier alpha value is -2.42. The van der Waals surface area contributed by atoms with Gasteiger partial charge in [-0.15, -0.1) is 0 Å². The molecule has 8 nitrogen and oxygen atoms in total. The van der Waals surface area contributed by atoms with Gasteiger partial charge in [0.25, 0.3) is 5.78 Å². The van der Waals surface area contributed by atoms with Gasteiger partial charge < -0.3 is 19.3 Å². The summed E-state index contributed by atoms with van der Waals surface area (Å²) in [7, 11) is -0.789. The van der Waals surface area contributed by atoms with Crippen LogP contribution in [-0.2, 0) is 25.2 Å². The molecule has 1 aliphatic heterocycles. The highest BCUT2D eigenvalue weighted by atomic mass is 32.2. The number of aliphatic hydroxyl groups excluding tert-OH is 1. The first-order valence-electron chi connectivity index (χ1n) is 7.08. The van der Waals surface area contributed by atoms with Crippen molar-refractivity contribution >= 4 is 15.8 Å². The van der Waals surface area contributed by atoms with Gasteiger partial charge in [-0.25, -0.2) is 8.42 Å². The summed E-state index contributed by atoms with van der Waals surface area (Å²) in [6.45, 7) is 2.85. The standard InChI is InChI=1S/C15H19NO7S/c1-5-24(19,20)16-14-12(17)13(18)15(2,23-14)9-6-7-10(21-3)11(8-9)22-4/h6-8,16-17H,5H2,1-4H3. The summed E-state index contributed by atoms with van der Waals surface area (Å²) in [4.78, 5) is 12.4. The van der Waals surface area contributed by atoms with Crippen molar-refractivity contribution in [2.45, 2.75) is 19.4 Å². The zero-order valence-corrected chi connectivity index (χ0v) is 14.6. The molecular weight excluding hydrogens is 338 g/mol. The quantitative estimate of drug-likeness (QED) is 0.786. The molecule has 0 aromatic heterocycles. The Morgan fingerprint density at radius 3 is 2.42 bits per heavy atom. The third kappa shape index (κ3) is 2.99. The van der Waals surface area contributed by atoms with Crippen LogP contribution in [0.15, 0.2) is 29.8 Å². The van der Waals surface area contributed by atoms with Crippen molar-refractivity contribution < 1.29 is 32.5 Å². The predicted molar refractivity (Wildman–Crippen MR) is 85.2 cm³/mol. The van der Waals surface area contributed by atoms with E-state index in [4.69, 9.17) is 14.2 Å². The molecule has 0 spiro atoms. The van der Waals surface area contributed by atoms with E-state index in [-0.39, 0.29) is 5.75 Å². The van der Waals surface area contributed by atoms with Crippen molar-refractivity contribution in [2.24, 2.45) is 0 Å². The van der Waals surface area contributed by atoms with Gasteiger partial charge >= 0.3 is 0 Å². The molecular formula is C15H19NO7S. The highest BCUT2D eigenvalue weighted by Gasteiger charge is 2.49. The van der Waals surface area contributed by atoms with E-state index in [2.05, 4.69) is 4.72 Å². The molecule has 2 N–H and O–H groups in total. The highest BCUT2D eigenvalue weighted by molar-refractivity contribution is 7.89. The van der Waals surface area contributed by atoms with Crippen LogP contribution >= 0.6 is 0 Å². The average Bonchev–Trinajstić information content (AvgIpc) is 2.78. The van der Waals surface area contributed by atoms with E-state index >= 15 is 0 Å². The molecule has 0 aliphatic carbocycles. The molecule has 1 aliphatic rings. The van der Waals surface area contributed by atoms with Crippen molar-refractivity contribution in [2.75, 3.05) is 20.0 Å². The minimum Gasteiger partial charge on any atom is -0.501 e. The molecule has 0 radical (unpaired) electrons. The van der Waals surface area contributed by atoms with E-state index in [1.165, 1.54) is 34.1 Å². The number of carbonyl (C=O) groups is 1. The molecule has 0 saturated carbocycles. The number of rotatable bonds is 6. The number of sulfonamides is 1. The Bertz CT molecular complexity index is 800. The highest BCUT2D eigenvalue weighted by Crippen LogP contribution is 2.40. The minimum absolute atomic E-state index is 0.228. The number of benzene rings is 1. The van der Waals surface area contributed by atoms with E-state index in [0.717, 1.165) is 0 Å². The first-order valence-corrected chi connectivity index (χ1v) is 8.73. The summed E-state index contributed by atoms with van der Waals surface area (Å²) in [6, 6.07) is 4.69. The summed E-state index contributed by atoms with van der Waals surface area (Å²) in [5.41, 5.74) is -1.21. The van der Waals surface area contributed by atoms with Gasteiger partial charge in [0.05, 0.1) is 20.0 Å². The Morgan fingerprint density at radius 2 is 1.88 bits per heavy atom. The average molecular weight is 357 g/mol. The maximum Gasteiger partial charge on any atom is 0.250 e. The van der Waals surface area contributed by atoms with Gasteiger partial charge in [0.15, 0.2) is 17.1 Å². The molecule has 1 aromatic carbocycles. The Kier molecular flexibility index (Phi) is 4.66. The first kappa shape index (κ1) is 17.9. The van der Waals surface area contributed by atoms with Gasteiger partial charge in [-0.3, -0.25) is 9.52 Å². The van der Waals surface area contributed by atoms with E-state index in [1.54, 1.807) is 12.1 Å². The lowest BCUT2D eigenvalue weighted by molar-refractivity contribution is -0.131. The smallest absolute Gasteiger partial charge is 0.250 e. The molecule has 1 heterocycles. The van der Waals surface area contributed by atoms with Crippen LogP contribution in [0.5, 0.6) is 11.5 Å². The molecule has 0 bridgehead atoms. The number of ether oxygens (including phenoxy) is 3. The lowest BCUT2D eigenvalue weighted by Gasteiger charge is -2.24. The molecule has 0 amide bonds. The summed E-state index contributed by atoms with van der Waals surface area (Å²) >= 11 is 0. The van der Waals surface area contributed by atoms with Crippen LogP contribution in [0.25, 0.3) is 0 Å². The van der Waals surface area contributed by atoms with Crippen LogP contribution in [0.1, 0.15) is 19.4 Å². The van der Waals surface area contributed by atoms with Crippen LogP contribution in [0.2, 0.25) is 0 Å². The minimum atomic E-state index is -3.70. The molecule has 2 rings (SSSR count). The van der Waals surface area contributed by atoms with Gasteiger partial charge in [-0.1, -0.05) is 6.07 Å².